The van der Waals surface area contributed by atoms with Crippen LogP contribution in [0.25, 0.3) is 0 Å². The van der Waals surface area contributed by atoms with Crippen LogP contribution in [0.2, 0.25) is 0 Å². The lowest BCUT2D eigenvalue weighted by Gasteiger charge is -2.13. The number of furan rings is 1. The molecule has 2 heterocycles. The summed E-state index contributed by atoms with van der Waals surface area (Å²) >= 11 is 0. The van der Waals surface area contributed by atoms with Gasteiger partial charge in [0.15, 0.2) is 5.76 Å². The number of amides is 2. The third-order valence-corrected chi connectivity index (χ3v) is 2.80. The molecule has 0 spiro atoms. The molecule has 1 atom stereocenters. The Morgan fingerprint density at radius 3 is 3.00 bits per heavy atom. The Morgan fingerprint density at radius 2 is 2.29 bits per heavy atom. The highest BCUT2D eigenvalue weighted by Gasteiger charge is 2.23. The average Bonchev–Trinajstić information content (AvgIpc) is 2.63. The predicted molar refractivity (Wildman–Crippen MR) is 61.6 cm³/mol. The molecule has 1 aromatic rings. The first-order valence-corrected chi connectivity index (χ1v) is 5.82. The van der Waals surface area contributed by atoms with Gasteiger partial charge in [0.25, 0.3) is 5.91 Å². The van der Waals surface area contributed by atoms with Gasteiger partial charge in [-0.25, -0.2) is 0 Å². The Kier molecular flexibility index (Phi) is 3.46. The van der Waals surface area contributed by atoms with Crippen molar-refractivity contribution in [2.75, 3.05) is 6.54 Å². The molecule has 2 amide bonds. The predicted octanol–water partition coefficient (Wildman–Crippen LogP) is 0.987. The second-order valence-corrected chi connectivity index (χ2v) is 4.22. The van der Waals surface area contributed by atoms with Crippen molar-refractivity contribution >= 4 is 11.8 Å². The molecular weight excluding hydrogens is 220 g/mol. The lowest BCUT2D eigenvalue weighted by Crippen LogP contribution is -2.45. The monoisotopic (exact) mass is 236 g/mol. The summed E-state index contributed by atoms with van der Waals surface area (Å²) in [6.45, 7) is 2.46. The second kappa shape index (κ2) is 5.03. The van der Waals surface area contributed by atoms with E-state index >= 15 is 0 Å². The SMILES string of the molecule is Cc1ccc(C(=O)N[C@H]2CCCCNC2=O)o1. The van der Waals surface area contributed by atoms with Crippen molar-refractivity contribution in [1.82, 2.24) is 10.6 Å². The quantitative estimate of drug-likeness (QED) is 0.804. The summed E-state index contributed by atoms with van der Waals surface area (Å²) in [5.74, 6) is 0.485. The summed E-state index contributed by atoms with van der Waals surface area (Å²) in [7, 11) is 0. The Bertz CT molecular complexity index is 425. The van der Waals surface area contributed by atoms with Gasteiger partial charge in [0.2, 0.25) is 5.91 Å². The van der Waals surface area contributed by atoms with Crippen LogP contribution in [0, 0.1) is 6.92 Å². The lowest BCUT2D eigenvalue weighted by molar-refractivity contribution is -0.122. The van der Waals surface area contributed by atoms with Crippen molar-refractivity contribution in [3.8, 4) is 0 Å². The summed E-state index contributed by atoms with van der Waals surface area (Å²) in [4.78, 5) is 23.4. The Labute approximate surface area is 99.6 Å². The molecule has 0 aliphatic carbocycles. The van der Waals surface area contributed by atoms with Gasteiger partial charge in [-0.15, -0.1) is 0 Å². The molecule has 5 nitrogen and oxygen atoms in total. The van der Waals surface area contributed by atoms with E-state index in [4.69, 9.17) is 4.42 Å². The Balaban J connectivity index is 1.99. The molecule has 1 aromatic heterocycles. The molecule has 0 unspecified atom stereocenters. The number of hydrogen-bond acceptors (Lipinski definition) is 3. The maximum atomic E-state index is 11.8. The third-order valence-electron chi connectivity index (χ3n) is 2.80. The molecule has 0 bridgehead atoms. The molecule has 2 rings (SSSR count). The number of carbonyl (C=O) groups is 2. The second-order valence-electron chi connectivity index (χ2n) is 4.22. The van der Waals surface area contributed by atoms with Crippen molar-refractivity contribution in [2.45, 2.75) is 32.2 Å². The molecule has 92 valence electrons. The first-order valence-electron chi connectivity index (χ1n) is 5.82. The third kappa shape index (κ3) is 2.87. The fourth-order valence-electron chi connectivity index (χ4n) is 1.86. The minimum atomic E-state index is -0.449. The van der Waals surface area contributed by atoms with Crippen LogP contribution in [0.15, 0.2) is 16.5 Å². The average molecular weight is 236 g/mol. The summed E-state index contributed by atoms with van der Waals surface area (Å²) in [5.41, 5.74) is 0. The van der Waals surface area contributed by atoms with E-state index in [1.165, 1.54) is 0 Å². The molecule has 2 N–H and O–H groups in total. The summed E-state index contributed by atoms with van der Waals surface area (Å²) in [6.07, 6.45) is 2.57. The van der Waals surface area contributed by atoms with E-state index < -0.39 is 6.04 Å². The van der Waals surface area contributed by atoms with Crippen molar-refractivity contribution < 1.29 is 14.0 Å². The molecule has 5 heteroatoms. The van der Waals surface area contributed by atoms with Crippen LogP contribution in [0.1, 0.15) is 35.6 Å². The molecule has 1 saturated heterocycles. The van der Waals surface area contributed by atoms with Crippen molar-refractivity contribution in [1.29, 1.82) is 0 Å². The maximum Gasteiger partial charge on any atom is 0.287 e. The fourth-order valence-corrected chi connectivity index (χ4v) is 1.86. The van der Waals surface area contributed by atoms with Gasteiger partial charge in [-0.2, -0.15) is 0 Å². The summed E-state index contributed by atoms with van der Waals surface area (Å²) < 4.78 is 5.21. The molecule has 0 saturated carbocycles. The van der Waals surface area contributed by atoms with Crippen molar-refractivity contribution in [3.63, 3.8) is 0 Å². The van der Waals surface area contributed by atoms with E-state index in [2.05, 4.69) is 10.6 Å². The minimum absolute atomic E-state index is 0.112. The highest BCUT2D eigenvalue weighted by Crippen LogP contribution is 2.09. The van der Waals surface area contributed by atoms with E-state index in [9.17, 15) is 9.59 Å². The number of aryl methyl sites for hydroxylation is 1. The van der Waals surface area contributed by atoms with Crippen LogP contribution in [-0.2, 0) is 4.79 Å². The number of rotatable bonds is 2. The molecule has 1 aliphatic heterocycles. The van der Waals surface area contributed by atoms with Crippen molar-refractivity contribution in [3.05, 3.63) is 23.7 Å². The van der Waals surface area contributed by atoms with Crippen LogP contribution in [0.5, 0.6) is 0 Å². The van der Waals surface area contributed by atoms with Crippen molar-refractivity contribution in [2.24, 2.45) is 0 Å². The standard InChI is InChI=1S/C12H16N2O3/c1-8-5-6-10(17-8)12(16)14-9-4-2-3-7-13-11(9)15/h5-6,9H,2-4,7H2,1H3,(H,13,15)(H,14,16)/t9-/m0/s1. The largest absolute Gasteiger partial charge is 0.456 e. The number of carbonyl (C=O) groups excluding carboxylic acids is 2. The van der Waals surface area contributed by atoms with Gasteiger partial charge >= 0.3 is 0 Å². The van der Waals surface area contributed by atoms with Gasteiger partial charge in [-0.05, 0) is 38.3 Å². The van der Waals surface area contributed by atoms with E-state index in [1.807, 2.05) is 0 Å². The number of nitrogens with one attached hydrogen (secondary N) is 2. The summed E-state index contributed by atoms with van der Waals surface area (Å²) in [5, 5.41) is 5.47. The highest BCUT2D eigenvalue weighted by molar-refractivity contribution is 5.95. The zero-order valence-electron chi connectivity index (χ0n) is 9.79. The van der Waals surface area contributed by atoms with Crippen LogP contribution in [0.3, 0.4) is 0 Å². The molecular formula is C12H16N2O3. The zero-order valence-corrected chi connectivity index (χ0v) is 9.79. The lowest BCUT2D eigenvalue weighted by atomic mass is 10.1. The van der Waals surface area contributed by atoms with Gasteiger partial charge < -0.3 is 15.1 Å². The Hall–Kier alpha value is -1.78. The zero-order chi connectivity index (χ0) is 12.3. The van der Waals surface area contributed by atoms with E-state index in [-0.39, 0.29) is 17.6 Å². The van der Waals surface area contributed by atoms with Gasteiger partial charge in [0.1, 0.15) is 11.8 Å². The topological polar surface area (TPSA) is 71.3 Å². The van der Waals surface area contributed by atoms with E-state index in [0.717, 1.165) is 12.8 Å². The van der Waals surface area contributed by atoms with Crippen LogP contribution < -0.4 is 10.6 Å². The fraction of sp³-hybridized carbons (Fsp3) is 0.500. The molecule has 17 heavy (non-hydrogen) atoms. The van der Waals surface area contributed by atoms with Crippen LogP contribution >= 0.6 is 0 Å². The molecule has 1 aliphatic rings. The summed E-state index contributed by atoms with van der Waals surface area (Å²) in [6, 6.07) is 2.89. The normalized spacial score (nSPS) is 20.5. The van der Waals surface area contributed by atoms with Gasteiger partial charge in [-0.1, -0.05) is 0 Å². The van der Waals surface area contributed by atoms with Crippen LogP contribution in [-0.4, -0.2) is 24.4 Å². The van der Waals surface area contributed by atoms with Gasteiger partial charge in [0.05, 0.1) is 0 Å². The minimum Gasteiger partial charge on any atom is -0.456 e. The first kappa shape index (κ1) is 11.7. The van der Waals surface area contributed by atoms with E-state index in [0.29, 0.717) is 18.7 Å². The first-order chi connectivity index (χ1) is 8.16. The van der Waals surface area contributed by atoms with Crippen LogP contribution in [0.4, 0.5) is 0 Å². The molecule has 0 aromatic carbocycles. The maximum absolute atomic E-state index is 11.8. The van der Waals surface area contributed by atoms with Gasteiger partial charge in [-0.3, -0.25) is 9.59 Å². The number of hydrogen-bond donors (Lipinski definition) is 2. The smallest absolute Gasteiger partial charge is 0.287 e. The van der Waals surface area contributed by atoms with E-state index in [1.54, 1.807) is 19.1 Å². The molecule has 1 fully saturated rings. The Morgan fingerprint density at radius 1 is 1.47 bits per heavy atom. The highest BCUT2D eigenvalue weighted by atomic mass is 16.3. The molecule has 0 radical (unpaired) electrons. The van der Waals surface area contributed by atoms with Gasteiger partial charge in [0, 0.05) is 6.54 Å².